The van der Waals surface area contributed by atoms with E-state index < -0.39 is 0 Å². The number of phenols is 2. The summed E-state index contributed by atoms with van der Waals surface area (Å²) in [6.45, 7) is 3.47. The maximum Gasteiger partial charge on any atom is 0.217 e. The third kappa shape index (κ3) is 10.4. The van der Waals surface area contributed by atoms with Gasteiger partial charge in [-0.3, -0.25) is 9.59 Å². The number of carbonyl (C=O) groups is 2. The van der Waals surface area contributed by atoms with Crippen molar-refractivity contribution < 1.29 is 38.7 Å². The van der Waals surface area contributed by atoms with Crippen molar-refractivity contribution >= 4 is 11.8 Å². The fraction of sp³-hybridized carbons (Fsp3) is 0.562. The lowest BCUT2D eigenvalue weighted by Crippen LogP contribution is -2.36. The highest BCUT2D eigenvalue weighted by Crippen LogP contribution is 2.40. The molecule has 2 amide bonds. The first-order chi connectivity index (χ1) is 20.2. The summed E-state index contributed by atoms with van der Waals surface area (Å²) in [7, 11) is 3.18. The first kappa shape index (κ1) is 33.0. The quantitative estimate of drug-likeness (QED) is 0.283. The fourth-order valence-electron chi connectivity index (χ4n) is 5.98. The van der Waals surface area contributed by atoms with E-state index >= 15 is 0 Å². The van der Waals surface area contributed by atoms with E-state index in [1.807, 2.05) is 18.2 Å². The van der Waals surface area contributed by atoms with E-state index in [0.29, 0.717) is 11.7 Å². The Balaban J connectivity index is 0.000000240. The molecule has 2 aromatic rings. The van der Waals surface area contributed by atoms with Gasteiger partial charge in [0.2, 0.25) is 11.8 Å². The predicted molar refractivity (Wildman–Crippen MR) is 159 cm³/mol. The van der Waals surface area contributed by atoms with Crippen molar-refractivity contribution in [3.63, 3.8) is 0 Å². The Bertz CT molecular complexity index is 1160. The molecular weight excluding hydrogens is 540 g/mol. The monoisotopic (exact) mass is 586 g/mol. The highest BCUT2D eigenvalue weighted by molar-refractivity contribution is 5.73. The lowest BCUT2D eigenvalue weighted by atomic mass is 9.81. The zero-order valence-electron chi connectivity index (χ0n) is 25.2. The van der Waals surface area contributed by atoms with Gasteiger partial charge in [0.05, 0.1) is 0 Å². The molecular formula is C32H46N2O8. The largest absolute Gasteiger partial charge is 0.508 e. The van der Waals surface area contributed by atoms with Gasteiger partial charge < -0.3 is 39.8 Å². The van der Waals surface area contributed by atoms with Crippen LogP contribution in [0.25, 0.3) is 0 Å². The van der Waals surface area contributed by atoms with Crippen molar-refractivity contribution in [1.82, 2.24) is 10.6 Å². The predicted octanol–water partition coefficient (Wildman–Crippen LogP) is 5.07. The number of hydrogen-bond acceptors (Lipinski definition) is 8. The Hall–Kier alpha value is -3.50. The average Bonchev–Trinajstić information content (AvgIpc) is 2.95. The zero-order chi connectivity index (χ0) is 30.5. The van der Waals surface area contributed by atoms with Crippen molar-refractivity contribution in [1.29, 1.82) is 0 Å². The minimum absolute atomic E-state index is 0.00409. The van der Waals surface area contributed by atoms with Gasteiger partial charge in [-0.25, -0.2) is 0 Å². The molecule has 0 aromatic heterocycles. The molecule has 0 radical (unpaired) electrons. The molecule has 2 saturated carbocycles. The van der Waals surface area contributed by atoms with E-state index in [0.717, 1.165) is 68.2 Å². The second-order valence-electron chi connectivity index (χ2n) is 11.1. The molecule has 10 nitrogen and oxygen atoms in total. The Morgan fingerprint density at radius 1 is 0.762 bits per heavy atom. The van der Waals surface area contributed by atoms with Crippen LogP contribution in [0.4, 0.5) is 0 Å². The Morgan fingerprint density at radius 2 is 1.31 bits per heavy atom. The first-order valence-corrected chi connectivity index (χ1v) is 14.6. The van der Waals surface area contributed by atoms with Crippen LogP contribution in [0.5, 0.6) is 23.0 Å². The molecule has 4 N–H and O–H groups in total. The van der Waals surface area contributed by atoms with Crippen LogP contribution in [-0.2, 0) is 19.1 Å². The van der Waals surface area contributed by atoms with E-state index in [1.165, 1.54) is 13.0 Å². The van der Waals surface area contributed by atoms with Gasteiger partial charge in [-0.15, -0.1) is 0 Å². The van der Waals surface area contributed by atoms with E-state index in [9.17, 15) is 19.8 Å². The summed E-state index contributed by atoms with van der Waals surface area (Å²) in [6, 6.07) is 11.0. The molecule has 0 heterocycles. The number of aromatic hydroxyl groups is 2. The van der Waals surface area contributed by atoms with Crippen LogP contribution >= 0.6 is 0 Å². The number of phenolic OH excluding ortho intramolecular Hbond substituents is 2. The van der Waals surface area contributed by atoms with Gasteiger partial charge in [-0.1, -0.05) is 25.0 Å². The van der Waals surface area contributed by atoms with Crippen molar-refractivity contribution in [3.05, 3.63) is 47.5 Å². The van der Waals surface area contributed by atoms with Gasteiger partial charge in [0, 0.05) is 52.3 Å². The van der Waals surface area contributed by atoms with E-state index in [2.05, 4.69) is 10.6 Å². The van der Waals surface area contributed by atoms with Gasteiger partial charge in [0.25, 0.3) is 0 Å². The Kier molecular flexibility index (Phi) is 13.2. The summed E-state index contributed by atoms with van der Waals surface area (Å²) >= 11 is 0. The first-order valence-electron chi connectivity index (χ1n) is 14.6. The van der Waals surface area contributed by atoms with Crippen LogP contribution in [0.15, 0.2) is 36.4 Å². The van der Waals surface area contributed by atoms with Gasteiger partial charge in [0.15, 0.2) is 13.6 Å². The van der Waals surface area contributed by atoms with Crippen LogP contribution in [0.2, 0.25) is 0 Å². The molecule has 10 heteroatoms. The summed E-state index contributed by atoms with van der Waals surface area (Å²) in [5.41, 5.74) is 2.00. The van der Waals surface area contributed by atoms with Crippen LogP contribution in [0.3, 0.4) is 0 Å². The van der Waals surface area contributed by atoms with Gasteiger partial charge >= 0.3 is 0 Å². The number of benzene rings is 2. The van der Waals surface area contributed by atoms with Crippen LogP contribution in [0, 0.1) is 0 Å². The molecule has 4 atom stereocenters. The zero-order valence-corrected chi connectivity index (χ0v) is 25.2. The number of amides is 2. The number of methoxy groups -OCH3 is 2. The minimum Gasteiger partial charge on any atom is -0.508 e. The molecule has 2 aromatic carbocycles. The molecule has 4 unspecified atom stereocenters. The highest BCUT2D eigenvalue weighted by atomic mass is 16.7. The molecule has 0 aliphatic heterocycles. The summed E-state index contributed by atoms with van der Waals surface area (Å²) in [6.07, 6.45) is 8.00. The Labute approximate surface area is 248 Å². The molecule has 2 aliphatic rings. The topological polar surface area (TPSA) is 136 Å². The van der Waals surface area contributed by atoms with E-state index in [1.54, 1.807) is 33.3 Å². The molecule has 2 fully saturated rings. The van der Waals surface area contributed by atoms with Gasteiger partial charge in [-0.2, -0.15) is 0 Å². The molecule has 0 spiro atoms. The normalized spacial score (nSPS) is 21.8. The molecule has 232 valence electrons. The minimum atomic E-state index is -0.00409. The SMILES string of the molecule is CC(=O)NC1CCCC(c2ccc(O)cc2O)C1.COCOc1ccc(C2CCCC(NC(C)=O)C2)c(OCOC)c1. The molecule has 42 heavy (non-hydrogen) atoms. The number of carbonyl (C=O) groups excluding carboxylic acids is 2. The number of ether oxygens (including phenoxy) is 4. The summed E-state index contributed by atoms with van der Waals surface area (Å²) in [4.78, 5) is 22.4. The van der Waals surface area contributed by atoms with Gasteiger partial charge in [0.1, 0.15) is 23.0 Å². The van der Waals surface area contributed by atoms with Crippen LogP contribution in [-0.4, -0.2) is 61.9 Å². The number of hydrogen-bond donors (Lipinski definition) is 4. The third-order valence-corrected chi connectivity index (χ3v) is 7.72. The molecule has 0 bridgehead atoms. The summed E-state index contributed by atoms with van der Waals surface area (Å²) < 4.78 is 21.2. The second-order valence-corrected chi connectivity index (χ2v) is 11.1. The average molecular weight is 587 g/mol. The molecule has 0 saturated heterocycles. The van der Waals surface area contributed by atoms with Crippen molar-refractivity contribution in [2.45, 2.75) is 89.1 Å². The molecule has 2 aliphatic carbocycles. The highest BCUT2D eigenvalue weighted by Gasteiger charge is 2.27. The van der Waals surface area contributed by atoms with Crippen molar-refractivity contribution in [2.75, 3.05) is 27.8 Å². The Morgan fingerprint density at radius 3 is 1.86 bits per heavy atom. The van der Waals surface area contributed by atoms with Gasteiger partial charge in [-0.05, 0) is 73.6 Å². The maximum atomic E-state index is 11.3. The lowest BCUT2D eigenvalue weighted by molar-refractivity contribution is -0.120. The maximum absolute atomic E-state index is 11.3. The summed E-state index contributed by atoms with van der Waals surface area (Å²) in [5, 5.41) is 25.1. The lowest BCUT2D eigenvalue weighted by Gasteiger charge is -2.30. The smallest absolute Gasteiger partial charge is 0.217 e. The van der Waals surface area contributed by atoms with E-state index in [4.69, 9.17) is 18.9 Å². The van der Waals surface area contributed by atoms with Crippen molar-refractivity contribution in [2.24, 2.45) is 0 Å². The van der Waals surface area contributed by atoms with Crippen LogP contribution < -0.4 is 20.1 Å². The molecule has 4 rings (SSSR count). The number of nitrogens with one attached hydrogen (secondary N) is 2. The number of rotatable bonds is 10. The third-order valence-electron chi connectivity index (χ3n) is 7.72. The van der Waals surface area contributed by atoms with E-state index in [-0.39, 0.29) is 54.9 Å². The van der Waals surface area contributed by atoms with Crippen molar-refractivity contribution in [3.8, 4) is 23.0 Å². The summed E-state index contributed by atoms with van der Waals surface area (Å²) in [5.74, 6) is 2.29. The van der Waals surface area contributed by atoms with Crippen LogP contribution in [0.1, 0.15) is 88.2 Å². The standard InChI is InChI=1S/C18H27NO5.C14H19NO3/c1-13(20)19-15-6-4-5-14(9-15)17-8-7-16(23-11-21-2)10-18(17)24-12-22-3;1-9(16)15-11-4-2-3-10(7-11)13-6-5-12(17)8-14(13)18/h7-8,10,14-15H,4-6,9,11-12H2,1-3H3,(H,19,20);5-6,8,10-11,17-18H,2-4,7H2,1H3,(H,15,16). The second kappa shape index (κ2) is 16.8. The fourth-order valence-corrected chi connectivity index (χ4v) is 5.98.